The van der Waals surface area contributed by atoms with E-state index in [0.717, 1.165) is 16.7 Å². The Kier molecular flexibility index (Phi) is 4.92. The first-order chi connectivity index (χ1) is 18.4. The van der Waals surface area contributed by atoms with Crippen LogP contribution in [0.5, 0.6) is 5.75 Å². The molecular formula is C30H25F2N3O3. The average molecular weight is 514 g/mol. The molecule has 4 aliphatic rings. The van der Waals surface area contributed by atoms with E-state index < -0.39 is 34.3 Å². The second kappa shape index (κ2) is 8.15. The molecule has 1 amide bonds. The first-order valence-corrected chi connectivity index (χ1v) is 12.8. The van der Waals surface area contributed by atoms with Crippen LogP contribution >= 0.6 is 0 Å². The SMILES string of the molecule is O=C1c2c(O)c(=O)ccn2N(C23c4ccccc4CC2CC2=C(F)C(F)=CCC23)CN1Cc1ccccc1. The standard InChI is InChI=1S/C30H25F2N3O3/c31-24-11-10-23-21(26(24)32)15-20-14-19-8-4-5-9-22(19)30(20,23)35-17-33(16-18-6-2-1-3-7-18)29(38)27-28(37)25(36)12-13-34(27)35/h1-9,11-13,20,23,37H,10,14-17H2. The predicted molar refractivity (Wildman–Crippen MR) is 137 cm³/mol. The van der Waals surface area contributed by atoms with E-state index in [1.54, 1.807) is 9.58 Å². The Balaban J connectivity index is 1.47. The van der Waals surface area contributed by atoms with Gasteiger partial charge in [-0.1, -0.05) is 54.6 Å². The number of carbonyl (C=O) groups is 1. The van der Waals surface area contributed by atoms with Crippen LogP contribution in [0.4, 0.5) is 8.78 Å². The van der Waals surface area contributed by atoms with Gasteiger partial charge in [0.05, 0.1) is 5.54 Å². The molecule has 1 aromatic heterocycles. The molecule has 1 fully saturated rings. The largest absolute Gasteiger partial charge is 0.502 e. The van der Waals surface area contributed by atoms with E-state index in [4.69, 9.17) is 0 Å². The van der Waals surface area contributed by atoms with E-state index in [0.29, 0.717) is 24.8 Å². The van der Waals surface area contributed by atoms with Crippen molar-refractivity contribution in [3.63, 3.8) is 0 Å². The lowest BCUT2D eigenvalue weighted by molar-refractivity contribution is 0.0589. The van der Waals surface area contributed by atoms with Gasteiger partial charge >= 0.3 is 0 Å². The third kappa shape index (κ3) is 2.97. The maximum absolute atomic E-state index is 15.3. The fourth-order valence-corrected chi connectivity index (χ4v) is 7.24. The van der Waals surface area contributed by atoms with Crippen LogP contribution in [0.3, 0.4) is 0 Å². The van der Waals surface area contributed by atoms with Gasteiger partial charge in [-0.15, -0.1) is 0 Å². The maximum atomic E-state index is 15.3. The topological polar surface area (TPSA) is 65.8 Å². The zero-order valence-corrected chi connectivity index (χ0v) is 20.5. The molecule has 6 nitrogen and oxygen atoms in total. The maximum Gasteiger partial charge on any atom is 0.278 e. The molecule has 8 heteroatoms. The van der Waals surface area contributed by atoms with E-state index >= 15 is 4.39 Å². The lowest BCUT2D eigenvalue weighted by Crippen LogP contribution is -2.64. The molecule has 3 unspecified atom stereocenters. The van der Waals surface area contributed by atoms with Crippen molar-refractivity contribution in [3.05, 3.63) is 123 Å². The number of benzene rings is 2. The van der Waals surface area contributed by atoms with Gasteiger partial charge in [0, 0.05) is 24.7 Å². The molecular weight excluding hydrogens is 488 g/mol. The summed E-state index contributed by atoms with van der Waals surface area (Å²) in [5.41, 5.74) is 1.92. The molecule has 2 heterocycles. The minimum atomic E-state index is -0.819. The van der Waals surface area contributed by atoms with Crippen molar-refractivity contribution in [1.82, 2.24) is 9.58 Å². The van der Waals surface area contributed by atoms with Crippen molar-refractivity contribution in [2.75, 3.05) is 11.7 Å². The van der Waals surface area contributed by atoms with Gasteiger partial charge in [0.25, 0.3) is 5.91 Å². The highest BCUT2D eigenvalue weighted by Gasteiger charge is 2.63. The molecule has 0 spiro atoms. The van der Waals surface area contributed by atoms with Gasteiger partial charge in [0.15, 0.2) is 23.1 Å². The fraction of sp³-hybridized carbons (Fsp3) is 0.267. The van der Waals surface area contributed by atoms with Crippen LogP contribution in [0, 0.1) is 11.8 Å². The summed E-state index contributed by atoms with van der Waals surface area (Å²) in [4.78, 5) is 27.8. The van der Waals surface area contributed by atoms with Gasteiger partial charge in [0.2, 0.25) is 5.43 Å². The number of pyridine rings is 1. The van der Waals surface area contributed by atoms with E-state index in [2.05, 4.69) is 6.07 Å². The molecule has 0 bridgehead atoms. The summed E-state index contributed by atoms with van der Waals surface area (Å²) in [7, 11) is 0. The number of allylic oxidation sites excluding steroid dienone is 3. The zero-order chi connectivity index (χ0) is 26.2. The Morgan fingerprint density at radius 3 is 2.55 bits per heavy atom. The number of fused-ring (bicyclic) bond motifs is 6. The fourth-order valence-electron chi connectivity index (χ4n) is 7.24. The molecule has 3 aromatic rings. The van der Waals surface area contributed by atoms with Crippen LogP contribution < -0.4 is 10.4 Å². The van der Waals surface area contributed by atoms with Crippen LogP contribution in [0.25, 0.3) is 0 Å². The van der Waals surface area contributed by atoms with Crippen molar-refractivity contribution in [2.24, 2.45) is 11.8 Å². The first kappa shape index (κ1) is 23.0. The molecule has 7 rings (SSSR count). The highest BCUT2D eigenvalue weighted by atomic mass is 19.2. The minimum absolute atomic E-state index is 0.0915. The Labute approximate surface area is 217 Å². The van der Waals surface area contributed by atoms with E-state index in [1.165, 1.54) is 18.3 Å². The second-order valence-corrected chi connectivity index (χ2v) is 10.5. The Morgan fingerprint density at radius 2 is 1.74 bits per heavy atom. The first-order valence-electron chi connectivity index (χ1n) is 12.8. The summed E-state index contributed by atoms with van der Waals surface area (Å²) >= 11 is 0. The average Bonchev–Trinajstić information content (AvgIpc) is 3.42. The van der Waals surface area contributed by atoms with Crippen LogP contribution in [-0.2, 0) is 18.5 Å². The van der Waals surface area contributed by atoms with Gasteiger partial charge in [-0.25, -0.2) is 8.78 Å². The number of aromatic nitrogens is 1. The number of hydrogen-bond donors (Lipinski definition) is 1. The molecule has 192 valence electrons. The molecule has 1 aliphatic heterocycles. The van der Waals surface area contributed by atoms with Crippen LogP contribution in [0.1, 0.15) is 40.0 Å². The predicted octanol–water partition coefficient (Wildman–Crippen LogP) is 4.67. The van der Waals surface area contributed by atoms with Gasteiger partial charge in [0.1, 0.15) is 6.67 Å². The number of halogens is 2. The number of nitrogens with zero attached hydrogens (tertiary/aromatic N) is 3. The third-order valence-corrected chi connectivity index (χ3v) is 8.73. The summed E-state index contributed by atoms with van der Waals surface area (Å²) in [6.45, 7) is 0.406. The second-order valence-electron chi connectivity index (χ2n) is 10.5. The monoisotopic (exact) mass is 513 g/mol. The Hall–Kier alpha value is -4.20. The highest BCUT2D eigenvalue weighted by molar-refractivity contribution is 5.96. The lowest BCUT2D eigenvalue weighted by atomic mass is 9.74. The zero-order valence-electron chi connectivity index (χ0n) is 20.5. The van der Waals surface area contributed by atoms with Crippen molar-refractivity contribution in [1.29, 1.82) is 0 Å². The summed E-state index contributed by atoms with van der Waals surface area (Å²) in [6.07, 6.45) is 4.20. The molecule has 0 saturated heterocycles. The van der Waals surface area contributed by atoms with Crippen LogP contribution in [0.15, 0.2) is 95.0 Å². The normalized spacial score (nSPS) is 25.6. The molecule has 38 heavy (non-hydrogen) atoms. The molecule has 1 saturated carbocycles. The van der Waals surface area contributed by atoms with E-state index in [9.17, 15) is 19.1 Å². The van der Waals surface area contributed by atoms with E-state index in [-0.39, 0.29) is 30.7 Å². The molecule has 3 aliphatic carbocycles. The number of carbonyl (C=O) groups excluding carboxylic acids is 1. The van der Waals surface area contributed by atoms with Crippen LogP contribution in [-0.4, -0.2) is 27.3 Å². The number of hydrogen-bond acceptors (Lipinski definition) is 4. The third-order valence-electron chi connectivity index (χ3n) is 8.73. The van der Waals surface area contributed by atoms with Gasteiger partial charge in [-0.3, -0.25) is 19.3 Å². The van der Waals surface area contributed by atoms with Crippen molar-refractivity contribution >= 4 is 5.91 Å². The van der Waals surface area contributed by atoms with Gasteiger partial charge < -0.3 is 10.0 Å². The molecule has 2 aromatic carbocycles. The number of amides is 1. The lowest BCUT2D eigenvalue weighted by Gasteiger charge is -2.52. The van der Waals surface area contributed by atoms with Gasteiger partial charge in [-0.05, 0) is 53.5 Å². The summed E-state index contributed by atoms with van der Waals surface area (Å²) in [5.74, 6) is -3.16. The molecule has 1 N–H and O–H groups in total. The van der Waals surface area contributed by atoms with Crippen molar-refractivity contribution in [3.8, 4) is 5.75 Å². The minimum Gasteiger partial charge on any atom is -0.502 e. The summed E-state index contributed by atoms with van der Waals surface area (Å²) in [5, 5.41) is 12.9. The Bertz CT molecular complexity index is 1610. The number of aromatic hydroxyl groups is 1. The summed E-state index contributed by atoms with van der Waals surface area (Å²) in [6, 6.07) is 18.8. The quantitative estimate of drug-likeness (QED) is 0.553. The molecule has 0 radical (unpaired) electrons. The van der Waals surface area contributed by atoms with Gasteiger partial charge in [-0.2, -0.15) is 0 Å². The van der Waals surface area contributed by atoms with Crippen LogP contribution in [0.2, 0.25) is 0 Å². The number of rotatable bonds is 3. The molecule has 3 atom stereocenters. The smallest absolute Gasteiger partial charge is 0.278 e. The van der Waals surface area contributed by atoms with E-state index in [1.807, 2.05) is 53.5 Å². The van der Waals surface area contributed by atoms with Crippen molar-refractivity contribution in [2.45, 2.75) is 31.3 Å². The summed E-state index contributed by atoms with van der Waals surface area (Å²) < 4.78 is 31.3. The van der Waals surface area contributed by atoms with Crippen molar-refractivity contribution < 1.29 is 18.7 Å². The highest BCUT2D eigenvalue weighted by Crippen LogP contribution is 2.63. The Morgan fingerprint density at radius 1 is 0.974 bits per heavy atom.